The van der Waals surface area contributed by atoms with Gasteiger partial charge in [0.15, 0.2) is 7.14 Å². The smallest absolute Gasteiger partial charge is 0.166 e. The Hall–Kier alpha value is -1.04. The molecule has 2 rings (SSSR count). The molecule has 4 heteroatoms. The Balaban J connectivity index is 2.14. The van der Waals surface area contributed by atoms with Crippen molar-refractivity contribution in [3.05, 3.63) is 67.3 Å². The van der Waals surface area contributed by atoms with E-state index in [1.54, 1.807) is 12.1 Å². The normalized spacial score (nSPS) is 11.5. The third-order valence-electron chi connectivity index (χ3n) is 2.12. The minimum atomic E-state index is -4.25. The fraction of sp³-hybridized carbons (Fsp3) is 0.0769. The van der Waals surface area contributed by atoms with Gasteiger partial charge < -0.3 is 0 Å². The summed E-state index contributed by atoms with van der Waals surface area (Å²) in [5, 5.41) is 0. The average Bonchev–Trinajstić information content (AvgIpc) is 2.30. The fourth-order valence-electron chi connectivity index (χ4n) is 1.31. The molecule has 0 saturated carbocycles. The van der Waals surface area contributed by atoms with Crippen molar-refractivity contribution >= 4 is 0 Å². The molecule has 88 valence electrons. The predicted molar refractivity (Wildman–Crippen MR) is 55.3 cm³/mol. The second-order valence-electron chi connectivity index (χ2n) is 3.39. The summed E-state index contributed by atoms with van der Waals surface area (Å²) >= 11 is -0.388. The van der Waals surface area contributed by atoms with Crippen LogP contribution in [-0.4, -0.2) is 0 Å². The van der Waals surface area contributed by atoms with E-state index in [-0.39, 0.29) is 21.2 Å². The Labute approximate surface area is 108 Å². The van der Waals surface area contributed by atoms with Gasteiger partial charge in [0.1, 0.15) is 0 Å². The highest BCUT2D eigenvalue weighted by Crippen LogP contribution is 2.28. The molecule has 17 heavy (non-hydrogen) atoms. The summed E-state index contributed by atoms with van der Waals surface area (Å²) in [6, 6.07) is 15.3. The molecule has 0 nitrogen and oxygen atoms in total. The molecular weight excluding hydrogens is 340 g/mol. The van der Waals surface area contributed by atoms with Gasteiger partial charge in [0.2, 0.25) is 0 Å². The van der Waals surface area contributed by atoms with Gasteiger partial charge in [-0.2, -0.15) is 13.2 Å². The van der Waals surface area contributed by atoms with Crippen LogP contribution in [0.2, 0.25) is 0 Å². The van der Waals surface area contributed by atoms with Gasteiger partial charge in [0.25, 0.3) is 0 Å². The van der Waals surface area contributed by atoms with Crippen molar-refractivity contribution in [1.82, 2.24) is 0 Å². The topological polar surface area (TPSA) is 0 Å². The molecule has 0 atom stereocenters. The first-order valence-corrected chi connectivity index (χ1v) is 7.08. The van der Waals surface area contributed by atoms with Crippen molar-refractivity contribution < 1.29 is 34.4 Å². The van der Waals surface area contributed by atoms with Crippen LogP contribution in [0.15, 0.2) is 54.6 Å². The third kappa shape index (κ3) is 3.46. The van der Waals surface area contributed by atoms with Crippen molar-refractivity contribution in [1.29, 1.82) is 0 Å². The van der Waals surface area contributed by atoms with Crippen LogP contribution in [0.5, 0.6) is 0 Å². The summed E-state index contributed by atoms with van der Waals surface area (Å²) in [5.41, 5.74) is -0.585. The summed E-state index contributed by atoms with van der Waals surface area (Å²) in [4.78, 5) is 0. The van der Waals surface area contributed by atoms with Crippen LogP contribution in [0, 0.1) is 7.14 Å². The maximum Gasteiger partial charge on any atom is 0.416 e. The fourth-order valence-corrected chi connectivity index (χ4v) is 3.52. The zero-order chi connectivity index (χ0) is 12.3. The van der Waals surface area contributed by atoms with E-state index in [4.69, 9.17) is 0 Å². The second-order valence-corrected chi connectivity index (χ2v) is 6.43. The summed E-state index contributed by atoms with van der Waals surface area (Å²) < 4.78 is 39.3. The van der Waals surface area contributed by atoms with E-state index in [0.717, 1.165) is 15.7 Å². The number of alkyl halides is 3. The first-order valence-electron chi connectivity index (χ1n) is 4.93. The van der Waals surface area contributed by atoms with Gasteiger partial charge in [0, 0.05) is 0 Å². The molecule has 0 fully saturated rings. The first-order chi connectivity index (χ1) is 8.05. The SMILES string of the molecule is FC(F)(F)c1ccc([I+]c2ccccc2)cc1. The second kappa shape index (κ2) is 5.08. The molecule has 0 amide bonds. The standard InChI is InChI=1S/C13H9F3I/c14-13(15,16)10-6-8-12(9-7-10)17-11-4-2-1-3-5-11/h1-9H/q+1. The lowest BCUT2D eigenvalue weighted by Gasteiger charge is -2.04. The highest BCUT2D eigenvalue weighted by molar-refractivity contribution is 5.17. The molecule has 0 aliphatic heterocycles. The molecule has 0 aliphatic carbocycles. The number of hydrogen-bond donors (Lipinski definition) is 0. The minimum Gasteiger partial charge on any atom is -0.166 e. The Morgan fingerprint density at radius 3 is 1.76 bits per heavy atom. The zero-order valence-electron chi connectivity index (χ0n) is 8.71. The molecule has 0 aliphatic rings. The van der Waals surface area contributed by atoms with Crippen molar-refractivity contribution in [3.8, 4) is 0 Å². The lowest BCUT2D eigenvalue weighted by Crippen LogP contribution is -3.61. The molecule has 0 unspecified atom stereocenters. The number of halogens is 4. The average molecular weight is 349 g/mol. The molecule has 0 aromatic heterocycles. The highest BCUT2D eigenvalue weighted by atomic mass is 127. The highest BCUT2D eigenvalue weighted by Gasteiger charge is 2.30. The molecule has 0 heterocycles. The molecule has 2 aromatic carbocycles. The third-order valence-corrected chi connectivity index (χ3v) is 4.81. The monoisotopic (exact) mass is 349 g/mol. The number of hydrogen-bond acceptors (Lipinski definition) is 0. The maximum atomic E-state index is 12.4. The van der Waals surface area contributed by atoms with E-state index >= 15 is 0 Å². The Morgan fingerprint density at radius 1 is 0.706 bits per heavy atom. The van der Waals surface area contributed by atoms with E-state index in [1.165, 1.54) is 3.57 Å². The van der Waals surface area contributed by atoms with Crippen LogP contribution in [0.4, 0.5) is 13.2 Å². The summed E-state index contributed by atoms with van der Waals surface area (Å²) in [7, 11) is 0. The van der Waals surface area contributed by atoms with E-state index in [0.29, 0.717) is 0 Å². The van der Waals surface area contributed by atoms with Crippen LogP contribution >= 0.6 is 0 Å². The van der Waals surface area contributed by atoms with Crippen LogP contribution in [0.3, 0.4) is 0 Å². The molecule has 0 radical (unpaired) electrons. The van der Waals surface area contributed by atoms with Gasteiger partial charge in [-0.05, 0) is 36.4 Å². The summed E-state index contributed by atoms with van der Waals surface area (Å²) in [5.74, 6) is 0. The number of rotatable bonds is 2. The van der Waals surface area contributed by atoms with Crippen LogP contribution in [-0.2, 0) is 6.18 Å². The van der Waals surface area contributed by atoms with Crippen molar-refractivity contribution in [2.75, 3.05) is 0 Å². The van der Waals surface area contributed by atoms with Gasteiger partial charge in [-0.15, -0.1) is 0 Å². The predicted octanol–water partition coefficient (Wildman–Crippen LogP) is 0.834. The van der Waals surface area contributed by atoms with Gasteiger partial charge in [-0.25, -0.2) is 0 Å². The van der Waals surface area contributed by atoms with Crippen molar-refractivity contribution in [2.24, 2.45) is 0 Å². The largest absolute Gasteiger partial charge is 0.416 e. The summed E-state index contributed by atoms with van der Waals surface area (Å²) in [6.07, 6.45) is -4.25. The first kappa shape index (κ1) is 12.4. The van der Waals surface area contributed by atoms with E-state index < -0.39 is 11.7 Å². The van der Waals surface area contributed by atoms with E-state index in [9.17, 15) is 13.2 Å². The van der Waals surface area contributed by atoms with Gasteiger partial charge >= 0.3 is 27.4 Å². The van der Waals surface area contributed by atoms with Gasteiger partial charge in [-0.1, -0.05) is 18.2 Å². The van der Waals surface area contributed by atoms with Crippen LogP contribution in [0.1, 0.15) is 5.56 Å². The quantitative estimate of drug-likeness (QED) is 0.705. The Bertz CT molecular complexity index is 474. The molecule has 2 aromatic rings. The van der Waals surface area contributed by atoms with Crippen molar-refractivity contribution in [2.45, 2.75) is 6.18 Å². The molecular formula is C13H9F3I+. The molecule has 0 bridgehead atoms. The minimum absolute atomic E-state index is 0.388. The van der Waals surface area contributed by atoms with E-state index in [2.05, 4.69) is 0 Å². The Morgan fingerprint density at radius 2 is 1.24 bits per heavy atom. The van der Waals surface area contributed by atoms with E-state index in [1.807, 2.05) is 30.3 Å². The van der Waals surface area contributed by atoms with Crippen LogP contribution < -0.4 is 21.2 Å². The maximum absolute atomic E-state index is 12.4. The zero-order valence-corrected chi connectivity index (χ0v) is 10.9. The lowest BCUT2D eigenvalue weighted by molar-refractivity contribution is -0.597. The van der Waals surface area contributed by atoms with Crippen molar-refractivity contribution in [3.63, 3.8) is 0 Å². The molecule has 0 spiro atoms. The summed E-state index contributed by atoms with van der Waals surface area (Å²) in [6.45, 7) is 0. The Kier molecular flexibility index (Phi) is 3.71. The van der Waals surface area contributed by atoms with Gasteiger partial charge in [-0.3, -0.25) is 0 Å². The lowest BCUT2D eigenvalue weighted by atomic mass is 10.2. The van der Waals surface area contributed by atoms with Crippen LogP contribution in [0.25, 0.3) is 0 Å². The number of benzene rings is 2. The molecule has 0 saturated heterocycles. The van der Waals surface area contributed by atoms with Gasteiger partial charge in [0.05, 0.1) is 5.56 Å². The molecule has 0 N–H and O–H groups in total.